The molecule has 63 valence electrons. The van der Waals surface area contributed by atoms with Gasteiger partial charge in [0.2, 0.25) is 0 Å². The Kier molecular flexibility index (Phi) is 2.03. The van der Waals surface area contributed by atoms with E-state index in [2.05, 4.69) is 30.1 Å². The molecule has 0 unspecified atom stereocenters. The van der Waals surface area contributed by atoms with Gasteiger partial charge in [-0.2, -0.15) is 0 Å². The van der Waals surface area contributed by atoms with Crippen LogP contribution in [-0.4, -0.2) is 13.6 Å². The van der Waals surface area contributed by atoms with E-state index in [9.17, 15) is 0 Å². The van der Waals surface area contributed by atoms with Gasteiger partial charge in [-0.1, -0.05) is 18.2 Å². The average Bonchev–Trinajstić information content (AvgIpc) is 2.90. The Morgan fingerprint density at radius 3 is 2.92 bits per heavy atom. The summed E-state index contributed by atoms with van der Waals surface area (Å²) >= 11 is 0. The lowest BCUT2D eigenvalue weighted by Gasteiger charge is -2.18. The molecule has 2 rings (SSSR count). The van der Waals surface area contributed by atoms with Crippen molar-refractivity contribution in [3.05, 3.63) is 30.3 Å². The third kappa shape index (κ3) is 1.79. The predicted molar refractivity (Wildman–Crippen MR) is 51.3 cm³/mol. The van der Waals surface area contributed by atoms with Gasteiger partial charge in [-0.15, -0.1) is 0 Å². The summed E-state index contributed by atoms with van der Waals surface area (Å²) in [6.45, 7) is 1.19. The molecule has 1 aliphatic rings. The van der Waals surface area contributed by atoms with Crippen LogP contribution in [0.2, 0.25) is 0 Å². The fourth-order valence-electron chi connectivity index (χ4n) is 1.41. The van der Waals surface area contributed by atoms with Crippen molar-refractivity contribution in [1.29, 1.82) is 0 Å². The minimum Gasteiger partial charge on any atom is -0.374 e. The Labute approximate surface area is 74.0 Å². The Balaban J connectivity index is 1.98. The van der Waals surface area contributed by atoms with Crippen molar-refractivity contribution in [2.24, 2.45) is 5.92 Å². The molecular weight excluding hydrogens is 146 g/mol. The largest absolute Gasteiger partial charge is 0.374 e. The number of rotatable bonds is 3. The molecule has 0 N–H and O–H groups in total. The van der Waals surface area contributed by atoms with E-state index in [0.29, 0.717) is 0 Å². The van der Waals surface area contributed by atoms with Crippen LogP contribution in [0.3, 0.4) is 0 Å². The molecule has 0 aromatic heterocycles. The summed E-state index contributed by atoms with van der Waals surface area (Å²) in [5, 5.41) is 0. The Bertz CT molecular complexity index is 238. The van der Waals surface area contributed by atoms with Gasteiger partial charge in [0.1, 0.15) is 0 Å². The van der Waals surface area contributed by atoms with Gasteiger partial charge in [0, 0.05) is 25.3 Å². The molecule has 1 nitrogen and oxygen atoms in total. The summed E-state index contributed by atoms with van der Waals surface area (Å²) < 4.78 is 0. The van der Waals surface area contributed by atoms with Gasteiger partial charge in [-0.25, -0.2) is 0 Å². The van der Waals surface area contributed by atoms with Gasteiger partial charge in [-0.05, 0) is 24.8 Å². The smallest absolute Gasteiger partial charge is 0.0444 e. The summed E-state index contributed by atoms with van der Waals surface area (Å²) in [5.41, 5.74) is 1.21. The molecule has 0 heterocycles. The Morgan fingerprint density at radius 2 is 2.33 bits per heavy atom. The zero-order chi connectivity index (χ0) is 8.39. The third-order valence-corrected chi connectivity index (χ3v) is 2.33. The normalized spacial score (nSPS) is 16.1. The highest BCUT2D eigenvalue weighted by atomic mass is 15.1. The zero-order valence-electron chi connectivity index (χ0n) is 7.46. The first-order chi connectivity index (χ1) is 5.86. The van der Waals surface area contributed by atoms with Gasteiger partial charge in [0.15, 0.2) is 0 Å². The molecule has 1 aliphatic carbocycles. The minimum atomic E-state index is 0.948. The first-order valence-electron chi connectivity index (χ1n) is 4.54. The van der Waals surface area contributed by atoms with Gasteiger partial charge >= 0.3 is 0 Å². The summed E-state index contributed by atoms with van der Waals surface area (Å²) in [6.07, 6.45) is 2.83. The molecule has 1 heteroatoms. The molecular formula is C11H14N. The first kappa shape index (κ1) is 7.66. The molecule has 1 aromatic rings. The van der Waals surface area contributed by atoms with Gasteiger partial charge < -0.3 is 4.90 Å². The maximum Gasteiger partial charge on any atom is 0.0444 e. The molecule has 0 aliphatic heterocycles. The van der Waals surface area contributed by atoms with Crippen molar-refractivity contribution in [2.45, 2.75) is 12.8 Å². The number of hydrogen-bond donors (Lipinski definition) is 0. The van der Waals surface area contributed by atoms with Crippen molar-refractivity contribution in [3.63, 3.8) is 0 Å². The highest BCUT2D eigenvalue weighted by molar-refractivity contribution is 5.43. The lowest BCUT2D eigenvalue weighted by molar-refractivity contribution is 0.787. The third-order valence-electron chi connectivity index (χ3n) is 2.33. The highest BCUT2D eigenvalue weighted by Crippen LogP contribution is 2.30. The maximum atomic E-state index is 3.23. The second kappa shape index (κ2) is 3.18. The van der Waals surface area contributed by atoms with Crippen LogP contribution in [0.4, 0.5) is 5.69 Å². The first-order valence-corrected chi connectivity index (χ1v) is 4.54. The van der Waals surface area contributed by atoms with Crippen LogP contribution in [0.15, 0.2) is 24.3 Å². The van der Waals surface area contributed by atoms with Crippen LogP contribution in [0.5, 0.6) is 0 Å². The monoisotopic (exact) mass is 160 g/mol. The van der Waals surface area contributed by atoms with Crippen LogP contribution in [0.1, 0.15) is 12.8 Å². The van der Waals surface area contributed by atoms with E-state index in [0.717, 1.165) is 5.92 Å². The molecule has 1 radical (unpaired) electrons. The number of benzene rings is 1. The molecule has 0 bridgehead atoms. The quantitative estimate of drug-likeness (QED) is 0.656. The molecule has 1 fully saturated rings. The minimum absolute atomic E-state index is 0.948. The van der Waals surface area contributed by atoms with E-state index in [-0.39, 0.29) is 0 Å². The molecule has 0 atom stereocenters. The maximum absolute atomic E-state index is 3.23. The van der Waals surface area contributed by atoms with E-state index < -0.39 is 0 Å². The van der Waals surface area contributed by atoms with Crippen molar-refractivity contribution in [1.82, 2.24) is 0 Å². The van der Waals surface area contributed by atoms with Crippen LogP contribution in [-0.2, 0) is 0 Å². The number of para-hydroxylation sites is 1. The number of hydrogen-bond acceptors (Lipinski definition) is 1. The predicted octanol–water partition coefficient (Wildman–Crippen LogP) is 2.33. The highest BCUT2D eigenvalue weighted by Gasteiger charge is 2.22. The van der Waals surface area contributed by atoms with E-state index in [1.54, 1.807) is 0 Å². The molecule has 1 aromatic carbocycles. The zero-order valence-corrected chi connectivity index (χ0v) is 7.46. The van der Waals surface area contributed by atoms with Crippen molar-refractivity contribution in [3.8, 4) is 0 Å². The molecule has 0 amide bonds. The Hall–Kier alpha value is -0.980. The molecule has 12 heavy (non-hydrogen) atoms. The van der Waals surface area contributed by atoms with Crippen LogP contribution >= 0.6 is 0 Å². The molecule has 1 saturated carbocycles. The molecule has 0 saturated heterocycles. The van der Waals surface area contributed by atoms with Crippen LogP contribution < -0.4 is 4.90 Å². The van der Waals surface area contributed by atoms with E-state index >= 15 is 0 Å². The van der Waals surface area contributed by atoms with Gasteiger partial charge in [0.25, 0.3) is 0 Å². The fraction of sp³-hybridized carbons (Fsp3) is 0.455. The average molecular weight is 160 g/mol. The van der Waals surface area contributed by atoms with Crippen molar-refractivity contribution in [2.75, 3.05) is 18.5 Å². The lowest BCUT2D eigenvalue weighted by Crippen LogP contribution is -2.19. The van der Waals surface area contributed by atoms with Crippen LogP contribution in [0, 0.1) is 12.0 Å². The second-order valence-corrected chi connectivity index (χ2v) is 3.57. The van der Waals surface area contributed by atoms with E-state index in [1.165, 1.54) is 25.1 Å². The summed E-state index contributed by atoms with van der Waals surface area (Å²) in [4.78, 5) is 2.29. The van der Waals surface area contributed by atoms with E-state index in [1.807, 2.05) is 12.1 Å². The standard InChI is InChI=1S/C11H14N/c1-12(9-10-7-8-10)11-5-3-2-4-6-11/h2-5,10H,7-9H2,1H3. The second-order valence-electron chi connectivity index (χ2n) is 3.57. The van der Waals surface area contributed by atoms with Gasteiger partial charge in [-0.3, -0.25) is 0 Å². The Morgan fingerprint density at radius 1 is 1.50 bits per heavy atom. The van der Waals surface area contributed by atoms with Crippen molar-refractivity contribution < 1.29 is 0 Å². The lowest BCUT2D eigenvalue weighted by atomic mass is 10.3. The fourth-order valence-corrected chi connectivity index (χ4v) is 1.41. The number of anilines is 1. The van der Waals surface area contributed by atoms with Crippen molar-refractivity contribution >= 4 is 5.69 Å². The summed E-state index contributed by atoms with van der Waals surface area (Å²) in [6, 6.07) is 11.4. The van der Waals surface area contributed by atoms with Crippen LogP contribution in [0.25, 0.3) is 0 Å². The number of nitrogens with zero attached hydrogens (tertiary/aromatic N) is 1. The van der Waals surface area contributed by atoms with E-state index in [4.69, 9.17) is 0 Å². The summed E-state index contributed by atoms with van der Waals surface area (Å²) in [7, 11) is 2.14. The SMILES string of the molecule is CN(CC1CC1)c1[c]cccc1. The van der Waals surface area contributed by atoms with Gasteiger partial charge in [0.05, 0.1) is 0 Å². The molecule has 0 spiro atoms. The topological polar surface area (TPSA) is 3.24 Å². The summed E-state index contributed by atoms with van der Waals surface area (Å²) in [5.74, 6) is 0.948.